The molecule has 0 spiro atoms. The number of alkyl halides is 3. The summed E-state index contributed by atoms with van der Waals surface area (Å²) in [6.45, 7) is 0. The van der Waals surface area contributed by atoms with Crippen LogP contribution in [0.25, 0.3) is 23.0 Å². The molecule has 0 fully saturated rings. The summed E-state index contributed by atoms with van der Waals surface area (Å²) in [4.78, 5) is 11.4. The lowest BCUT2D eigenvalue weighted by Gasteiger charge is -2.09. The molecule has 0 saturated carbocycles. The Bertz CT molecular complexity index is 996. The molecular weight excluding hydrogens is 335 g/mol. The predicted molar refractivity (Wildman–Crippen MR) is 88.1 cm³/mol. The van der Waals surface area contributed by atoms with Crippen molar-refractivity contribution < 1.29 is 18.0 Å². The van der Waals surface area contributed by atoms with Crippen molar-refractivity contribution in [2.45, 2.75) is 12.6 Å². The van der Waals surface area contributed by atoms with Crippen LogP contribution in [0.5, 0.6) is 0 Å². The third kappa shape index (κ3) is 3.08. The van der Waals surface area contributed by atoms with Gasteiger partial charge in [-0.25, -0.2) is 4.68 Å². The van der Waals surface area contributed by atoms with Gasteiger partial charge < -0.3 is 11.6 Å². The van der Waals surface area contributed by atoms with Crippen molar-refractivity contribution in [2.75, 3.05) is 11.6 Å². The number of carbonyl (C=O) groups excluding carboxylic acids is 1. The quantitative estimate of drug-likeness (QED) is 0.428. The molecule has 3 aromatic rings. The molecule has 130 valence electrons. The van der Waals surface area contributed by atoms with E-state index in [4.69, 9.17) is 11.6 Å². The first kappa shape index (κ1) is 16.6. The molecule has 9 heteroatoms. The second-order valence-electron chi connectivity index (χ2n) is 5.38. The summed E-state index contributed by atoms with van der Waals surface area (Å²) < 4.78 is 39.0. The van der Waals surface area contributed by atoms with Crippen molar-refractivity contribution >= 4 is 23.7 Å². The first-order valence-corrected chi connectivity index (χ1v) is 7.24. The van der Waals surface area contributed by atoms with Gasteiger partial charge in [0.25, 0.3) is 0 Å². The Morgan fingerprint density at radius 2 is 1.88 bits per heavy atom. The van der Waals surface area contributed by atoms with Gasteiger partial charge in [-0.05, 0) is 18.2 Å². The van der Waals surface area contributed by atoms with E-state index in [1.165, 1.54) is 21.3 Å². The summed E-state index contributed by atoms with van der Waals surface area (Å²) in [7, 11) is 0. The van der Waals surface area contributed by atoms with E-state index >= 15 is 0 Å². The van der Waals surface area contributed by atoms with Crippen molar-refractivity contribution in [2.24, 2.45) is 0 Å². The Morgan fingerprint density at radius 3 is 2.48 bits per heavy atom. The minimum absolute atomic E-state index is 0.295. The lowest BCUT2D eigenvalue weighted by Crippen LogP contribution is -2.41. The molecule has 2 heterocycles. The Hall–Kier alpha value is -3.23. The van der Waals surface area contributed by atoms with E-state index in [2.05, 4.69) is 5.10 Å². The van der Waals surface area contributed by atoms with E-state index in [0.29, 0.717) is 39.9 Å². The molecule has 2 aromatic heterocycles. The largest absolute Gasteiger partial charge is 0.399 e. The second kappa shape index (κ2) is 6.00. The second-order valence-corrected chi connectivity index (χ2v) is 5.38. The van der Waals surface area contributed by atoms with Crippen LogP contribution in [0.2, 0.25) is 0 Å². The molecule has 0 bridgehead atoms. The highest BCUT2D eigenvalue weighted by molar-refractivity contribution is 5.94. The standard InChI is InChI=1S/C16H14F3N5O/c17-16(18,19)8-2-1-3-13-23(21)15-12(9-25)14(22-24(13)15)10-4-6-11(20)7-5-10/h1-7,9H,8,20-21H2/b2-1-,13-3-. The molecule has 0 saturated heterocycles. The number of nitrogens with zero attached hydrogens (tertiary/aromatic N) is 3. The molecule has 1 aromatic carbocycles. The molecule has 0 aliphatic rings. The maximum Gasteiger partial charge on any atom is 0.392 e. The van der Waals surface area contributed by atoms with Gasteiger partial charge in [-0.1, -0.05) is 24.3 Å². The average molecular weight is 349 g/mol. The number of allylic oxidation sites excluding steroid dienone is 2. The highest BCUT2D eigenvalue weighted by atomic mass is 19.4. The van der Waals surface area contributed by atoms with Gasteiger partial charge in [0.1, 0.15) is 5.69 Å². The van der Waals surface area contributed by atoms with Gasteiger partial charge >= 0.3 is 6.18 Å². The van der Waals surface area contributed by atoms with Crippen LogP contribution in [0.1, 0.15) is 16.8 Å². The summed E-state index contributed by atoms with van der Waals surface area (Å²) in [5.74, 6) is 5.86. The van der Waals surface area contributed by atoms with Crippen molar-refractivity contribution in [3.8, 4) is 11.3 Å². The van der Waals surface area contributed by atoms with Crippen molar-refractivity contribution in [3.63, 3.8) is 0 Å². The van der Waals surface area contributed by atoms with Crippen molar-refractivity contribution in [1.82, 2.24) is 14.3 Å². The number of anilines is 1. The molecule has 6 nitrogen and oxygen atoms in total. The van der Waals surface area contributed by atoms with Crippen LogP contribution >= 0.6 is 0 Å². The van der Waals surface area contributed by atoms with Crippen LogP contribution in [0.15, 0.2) is 36.4 Å². The van der Waals surface area contributed by atoms with Gasteiger partial charge in [-0.2, -0.15) is 22.8 Å². The normalized spacial score (nSPS) is 13.3. The molecule has 4 N–H and O–H groups in total. The van der Waals surface area contributed by atoms with E-state index in [0.717, 1.165) is 6.08 Å². The summed E-state index contributed by atoms with van der Waals surface area (Å²) in [5, 5.41) is 4.33. The van der Waals surface area contributed by atoms with Crippen LogP contribution in [-0.2, 0) is 0 Å². The fourth-order valence-electron chi connectivity index (χ4n) is 2.45. The fraction of sp³-hybridized carbons (Fsp3) is 0.125. The first-order chi connectivity index (χ1) is 11.8. The molecule has 0 amide bonds. The SMILES string of the molecule is Nc1ccc(-c2nn3/c(=C\C=C/CC(F)(F)F)n(N)c3c2C=O)cc1. The maximum atomic E-state index is 12.1. The smallest absolute Gasteiger partial charge is 0.392 e. The van der Waals surface area contributed by atoms with Gasteiger partial charge in [0, 0.05) is 11.3 Å². The minimum atomic E-state index is -4.26. The summed E-state index contributed by atoms with van der Waals surface area (Å²) in [6, 6.07) is 6.80. The van der Waals surface area contributed by atoms with Gasteiger partial charge in [-0.15, -0.1) is 0 Å². The van der Waals surface area contributed by atoms with Gasteiger partial charge in [0.2, 0.25) is 0 Å². The minimum Gasteiger partial charge on any atom is -0.399 e. The van der Waals surface area contributed by atoms with Gasteiger partial charge in [0.05, 0.1) is 12.0 Å². The Labute approximate surface area is 139 Å². The van der Waals surface area contributed by atoms with Crippen LogP contribution in [0.4, 0.5) is 18.9 Å². The number of halogens is 3. The van der Waals surface area contributed by atoms with E-state index in [1.54, 1.807) is 24.3 Å². The Balaban J connectivity index is 2.03. The zero-order valence-electron chi connectivity index (χ0n) is 12.9. The number of hydrogen-bond donors (Lipinski definition) is 2. The lowest BCUT2D eigenvalue weighted by atomic mass is 10.1. The fourth-order valence-corrected chi connectivity index (χ4v) is 2.45. The van der Waals surface area contributed by atoms with E-state index in [-0.39, 0.29) is 0 Å². The molecule has 0 aliphatic heterocycles. The topological polar surface area (TPSA) is 91.3 Å². The van der Waals surface area contributed by atoms with Gasteiger partial charge in [0.15, 0.2) is 17.4 Å². The maximum absolute atomic E-state index is 12.1. The number of nitrogens with two attached hydrogens (primary N) is 2. The summed E-state index contributed by atoms with van der Waals surface area (Å²) >= 11 is 0. The lowest BCUT2D eigenvalue weighted by molar-refractivity contribution is -0.125. The van der Waals surface area contributed by atoms with E-state index < -0.39 is 12.6 Å². The van der Waals surface area contributed by atoms with Crippen LogP contribution in [0, 0.1) is 0 Å². The Morgan fingerprint density at radius 1 is 1.20 bits per heavy atom. The molecule has 0 atom stereocenters. The van der Waals surface area contributed by atoms with E-state index in [9.17, 15) is 18.0 Å². The molecule has 25 heavy (non-hydrogen) atoms. The van der Waals surface area contributed by atoms with E-state index in [1.807, 2.05) is 0 Å². The number of aldehydes is 1. The summed E-state index contributed by atoms with van der Waals surface area (Å²) in [5.41, 5.74) is 8.34. The predicted octanol–water partition coefficient (Wildman–Crippen LogP) is 1.92. The number of nitrogen functional groups attached to an aromatic ring is 2. The third-order valence-corrected chi connectivity index (χ3v) is 3.62. The number of hydrogen-bond acceptors (Lipinski definition) is 4. The van der Waals surface area contributed by atoms with Gasteiger partial charge in [-0.3, -0.25) is 4.79 Å². The zero-order valence-corrected chi connectivity index (χ0v) is 12.9. The molecule has 0 aliphatic carbocycles. The molecule has 0 radical (unpaired) electrons. The summed E-state index contributed by atoms with van der Waals surface area (Å²) in [6.07, 6.45) is -1.04. The number of carbonyl (C=O) groups is 1. The average Bonchev–Trinajstić information content (AvgIpc) is 2.89. The number of fused-ring (bicyclic) bond motifs is 1. The Kier molecular flexibility index (Phi) is 3.99. The number of benzene rings is 1. The molecule has 0 unspecified atom stereocenters. The van der Waals surface area contributed by atoms with Crippen molar-refractivity contribution in [1.29, 1.82) is 0 Å². The third-order valence-electron chi connectivity index (χ3n) is 3.62. The highest BCUT2D eigenvalue weighted by Crippen LogP contribution is 2.25. The van der Waals surface area contributed by atoms with Crippen LogP contribution in [-0.4, -0.2) is 26.8 Å². The monoisotopic (exact) mass is 349 g/mol. The number of rotatable bonds is 4. The number of aromatic nitrogens is 3. The first-order valence-electron chi connectivity index (χ1n) is 7.24. The highest BCUT2D eigenvalue weighted by Gasteiger charge is 2.24. The molecule has 3 rings (SSSR count). The molecular formula is C16H14F3N5O. The van der Waals surface area contributed by atoms with Crippen LogP contribution in [0.3, 0.4) is 0 Å². The van der Waals surface area contributed by atoms with Crippen molar-refractivity contribution in [3.05, 3.63) is 47.5 Å². The zero-order chi connectivity index (χ0) is 18.2. The van der Waals surface area contributed by atoms with Crippen LogP contribution < -0.4 is 17.1 Å².